The van der Waals surface area contributed by atoms with Crippen molar-refractivity contribution in [3.8, 4) is 5.75 Å². The van der Waals surface area contributed by atoms with Crippen molar-refractivity contribution in [1.82, 2.24) is 0 Å². The fourth-order valence-corrected chi connectivity index (χ4v) is 3.74. The van der Waals surface area contributed by atoms with Crippen LogP contribution in [0.5, 0.6) is 5.75 Å². The Kier molecular flexibility index (Phi) is 5.89. The van der Waals surface area contributed by atoms with E-state index in [1.54, 1.807) is 0 Å². The van der Waals surface area contributed by atoms with Crippen LogP contribution in [0.4, 0.5) is 0 Å². The van der Waals surface area contributed by atoms with Crippen LogP contribution in [0.2, 0.25) is 0 Å². The molecule has 3 rings (SSSR count). The zero-order valence-electron chi connectivity index (χ0n) is 14.1. The molecule has 0 radical (unpaired) electrons. The number of hydrogen-bond acceptors (Lipinski definition) is 3. The molecule has 0 amide bonds. The van der Waals surface area contributed by atoms with Crippen LogP contribution in [-0.4, -0.2) is 17.8 Å². The van der Waals surface area contributed by atoms with E-state index in [1.165, 1.54) is 12.0 Å². The third-order valence-corrected chi connectivity index (χ3v) is 5.09. The molecule has 3 nitrogen and oxygen atoms in total. The van der Waals surface area contributed by atoms with Crippen molar-refractivity contribution in [2.75, 3.05) is 6.54 Å². The van der Waals surface area contributed by atoms with Crippen LogP contribution in [-0.2, 0) is 6.61 Å². The maximum Gasteiger partial charge on any atom is 0.120 e. The van der Waals surface area contributed by atoms with Crippen LogP contribution in [0.15, 0.2) is 54.6 Å². The van der Waals surface area contributed by atoms with E-state index in [9.17, 15) is 5.11 Å². The molecule has 0 heterocycles. The number of ether oxygens (including phenoxy) is 1. The first-order chi connectivity index (χ1) is 11.8. The van der Waals surface area contributed by atoms with E-state index < -0.39 is 0 Å². The molecule has 1 aliphatic rings. The summed E-state index contributed by atoms with van der Waals surface area (Å²) in [6.45, 7) is 1.12. The number of nitrogens with two attached hydrogens (primary N) is 1. The topological polar surface area (TPSA) is 55.5 Å². The van der Waals surface area contributed by atoms with Crippen LogP contribution < -0.4 is 10.5 Å². The minimum Gasteiger partial charge on any atom is -0.489 e. The summed E-state index contributed by atoms with van der Waals surface area (Å²) in [6.07, 6.45) is 4.02. The first-order valence-electron chi connectivity index (χ1n) is 8.92. The van der Waals surface area contributed by atoms with Crippen molar-refractivity contribution >= 4 is 0 Å². The lowest BCUT2D eigenvalue weighted by Crippen LogP contribution is -2.33. The monoisotopic (exact) mass is 325 g/mol. The van der Waals surface area contributed by atoms with Gasteiger partial charge in [-0.2, -0.15) is 0 Å². The lowest BCUT2D eigenvalue weighted by molar-refractivity contribution is 0.0560. The van der Waals surface area contributed by atoms with E-state index >= 15 is 0 Å². The summed E-state index contributed by atoms with van der Waals surface area (Å²) >= 11 is 0. The molecule has 3 heteroatoms. The zero-order chi connectivity index (χ0) is 16.8. The Balaban J connectivity index is 1.71. The van der Waals surface area contributed by atoms with Crippen LogP contribution >= 0.6 is 0 Å². The highest BCUT2D eigenvalue weighted by molar-refractivity contribution is 5.32. The molecule has 3 atom stereocenters. The van der Waals surface area contributed by atoms with Gasteiger partial charge >= 0.3 is 0 Å². The highest BCUT2D eigenvalue weighted by Gasteiger charge is 2.30. The van der Waals surface area contributed by atoms with E-state index in [0.29, 0.717) is 13.2 Å². The van der Waals surface area contributed by atoms with Crippen molar-refractivity contribution < 1.29 is 9.84 Å². The second kappa shape index (κ2) is 8.32. The van der Waals surface area contributed by atoms with E-state index in [4.69, 9.17) is 10.5 Å². The molecule has 0 spiro atoms. The third kappa shape index (κ3) is 4.16. The number of aliphatic hydroxyl groups excluding tert-OH is 1. The zero-order valence-corrected chi connectivity index (χ0v) is 14.1. The number of hydrogen-bond donors (Lipinski definition) is 2. The lowest BCUT2D eigenvalue weighted by Gasteiger charge is -2.34. The standard InChI is InChI=1S/C21H27NO2/c22-14-20(19-11-4-5-12-21(19)23)17-9-6-10-18(13-17)24-15-16-7-2-1-3-8-16/h1-3,6-10,13,19-21,23H,4-5,11-12,14-15,22H2/t19-,20-,21-/m0/s1. The second-order valence-corrected chi connectivity index (χ2v) is 6.70. The summed E-state index contributed by atoms with van der Waals surface area (Å²) in [4.78, 5) is 0. The molecular formula is C21H27NO2. The van der Waals surface area contributed by atoms with Gasteiger partial charge in [0, 0.05) is 5.92 Å². The molecule has 0 aromatic heterocycles. The SMILES string of the molecule is NC[C@@H](c1cccc(OCc2ccccc2)c1)[C@@H]1CCCC[C@@H]1O. The van der Waals surface area contributed by atoms with Gasteiger partial charge in [-0.15, -0.1) is 0 Å². The Morgan fingerprint density at radius 2 is 1.83 bits per heavy atom. The van der Waals surface area contributed by atoms with Crippen LogP contribution in [0.3, 0.4) is 0 Å². The summed E-state index contributed by atoms with van der Waals surface area (Å²) < 4.78 is 5.94. The number of benzene rings is 2. The van der Waals surface area contributed by atoms with Gasteiger partial charge in [-0.25, -0.2) is 0 Å². The normalized spacial score (nSPS) is 22.1. The van der Waals surface area contributed by atoms with Crippen molar-refractivity contribution in [2.24, 2.45) is 11.7 Å². The molecular weight excluding hydrogens is 298 g/mol. The quantitative estimate of drug-likeness (QED) is 0.848. The minimum absolute atomic E-state index is 0.195. The molecule has 24 heavy (non-hydrogen) atoms. The molecule has 0 unspecified atom stereocenters. The van der Waals surface area contributed by atoms with E-state index in [1.807, 2.05) is 30.3 Å². The summed E-state index contributed by atoms with van der Waals surface area (Å²) in [7, 11) is 0. The first-order valence-corrected chi connectivity index (χ1v) is 8.92. The molecule has 1 fully saturated rings. The fourth-order valence-electron chi connectivity index (χ4n) is 3.74. The van der Waals surface area contributed by atoms with E-state index in [2.05, 4.69) is 24.3 Å². The fraction of sp³-hybridized carbons (Fsp3) is 0.429. The van der Waals surface area contributed by atoms with Gasteiger partial charge in [0.15, 0.2) is 0 Å². The molecule has 0 bridgehead atoms. The minimum atomic E-state index is -0.235. The molecule has 1 aliphatic carbocycles. The highest BCUT2D eigenvalue weighted by atomic mass is 16.5. The van der Waals surface area contributed by atoms with Gasteiger partial charge in [-0.05, 0) is 48.6 Å². The third-order valence-electron chi connectivity index (χ3n) is 5.09. The maximum atomic E-state index is 10.4. The lowest BCUT2D eigenvalue weighted by atomic mass is 9.75. The Morgan fingerprint density at radius 1 is 1.04 bits per heavy atom. The van der Waals surface area contributed by atoms with Crippen LogP contribution in [0.1, 0.15) is 42.7 Å². The van der Waals surface area contributed by atoms with Gasteiger partial charge in [0.2, 0.25) is 0 Å². The van der Waals surface area contributed by atoms with Crippen LogP contribution in [0.25, 0.3) is 0 Å². The largest absolute Gasteiger partial charge is 0.489 e. The molecule has 2 aromatic carbocycles. The first kappa shape index (κ1) is 17.0. The smallest absolute Gasteiger partial charge is 0.120 e. The molecule has 0 saturated heterocycles. The van der Waals surface area contributed by atoms with Gasteiger partial charge in [0.1, 0.15) is 12.4 Å². The Morgan fingerprint density at radius 3 is 2.58 bits per heavy atom. The summed E-state index contributed by atoms with van der Waals surface area (Å²) in [6, 6.07) is 18.4. The summed E-state index contributed by atoms with van der Waals surface area (Å²) in [5.41, 5.74) is 8.39. The summed E-state index contributed by atoms with van der Waals surface area (Å²) in [5, 5.41) is 10.4. The van der Waals surface area contributed by atoms with Gasteiger partial charge in [0.25, 0.3) is 0 Å². The Hall–Kier alpha value is -1.84. The molecule has 128 valence electrons. The van der Waals surface area contributed by atoms with E-state index in [-0.39, 0.29) is 17.9 Å². The van der Waals surface area contributed by atoms with Crippen molar-refractivity contribution in [1.29, 1.82) is 0 Å². The molecule has 1 saturated carbocycles. The van der Waals surface area contributed by atoms with E-state index in [0.717, 1.165) is 30.6 Å². The highest BCUT2D eigenvalue weighted by Crippen LogP contribution is 2.36. The predicted octanol–water partition coefficient (Wildman–Crippen LogP) is 3.86. The van der Waals surface area contributed by atoms with Crippen molar-refractivity contribution in [3.63, 3.8) is 0 Å². The Labute approximate surface area is 144 Å². The van der Waals surface area contributed by atoms with Gasteiger partial charge in [-0.3, -0.25) is 0 Å². The van der Waals surface area contributed by atoms with Gasteiger partial charge < -0.3 is 15.6 Å². The summed E-state index contributed by atoms with van der Waals surface area (Å²) in [5.74, 6) is 1.31. The number of rotatable bonds is 6. The maximum absolute atomic E-state index is 10.4. The predicted molar refractivity (Wildman–Crippen MR) is 97.0 cm³/mol. The molecule has 2 aromatic rings. The van der Waals surface area contributed by atoms with Crippen LogP contribution in [0, 0.1) is 5.92 Å². The molecule has 0 aliphatic heterocycles. The van der Waals surface area contributed by atoms with Crippen molar-refractivity contribution in [3.05, 3.63) is 65.7 Å². The van der Waals surface area contributed by atoms with Crippen molar-refractivity contribution in [2.45, 2.75) is 44.3 Å². The Bertz CT molecular complexity index is 629. The van der Waals surface area contributed by atoms with Gasteiger partial charge in [0.05, 0.1) is 6.10 Å². The number of aliphatic hydroxyl groups is 1. The second-order valence-electron chi connectivity index (χ2n) is 6.70. The average Bonchev–Trinajstić information content (AvgIpc) is 2.63. The average molecular weight is 325 g/mol. The molecule has 3 N–H and O–H groups in total. The van der Waals surface area contributed by atoms with Gasteiger partial charge in [-0.1, -0.05) is 55.3 Å².